The average Bonchev–Trinajstić information content (AvgIpc) is 2.65. The third-order valence-electron chi connectivity index (χ3n) is 3.87. The molecule has 3 heteroatoms. The summed E-state index contributed by atoms with van der Waals surface area (Å²) in [6.07, 6.45) is 0.0670. The Balaban J connectivity index is 1.94. The molecule has 3 aromatic rings. The van der Waals surface area contributed by atoms with Crippen LogP contribution in [0.3, 0.4) is 0 Å². The Morgan fingerprint density at radius 3 is 1.62 bits per heavy atom. The van der Waals surface area contributed by atoms with Gasteiger partial charge in [-0.05, 0) is 48.4 Å². The second-order valence-corrected chi connectivity index (χ2v) is 5.99. The van der Waals surface area contributed by atoms with E-state index in [-0.39, 0.29) is 5.88 Å². The number of rotatable bonds is 6. The average molecular weight is 338 g/mol. The molecule has 0 aliphatic carbocycles. The van der Waals surface area contributed by atoms with E-state index in [0.29, 0.717) is 6.42 Å². The topological polar surface area (TPSA) is 23.5 Å². The maximum absolute atomic E-state index is 9.70. The minimum atomic E-state index is -0.503. The van der Waals surface area contributed by atoms with Gasteiger partial charge >= 0.3 is 0 Å². The van der Waals surface area contributed by atoms with E-state index >= 15 is 0 Å². The second-order valence-electron chi connectivity index (χ2n) is 5.69. The van der Waals surface area contributed by atoms with Crippen LogP contribution < -0.4 is 4.90 Å². The molecule has 24 heavy (non-hydrogen) atoms. The van der Waals surface area contributed by atoms with E-state index in [1.807, 2.05) is 48.5 Å². The summed E-state index contributed by atoms with van der Waals surface area (Å²) in [4.78, 5) is 2.21. The maximum Gasteiger partial charge on any atom is 0.0715 e. The SMILES string of the molecule is OC(CCl)Cc1ccc(N(c2ccccc2)c2ccccc2)cc1. The van der Waals surface area contributed by atoms with Crippen LogP contribution >= 0.6 is 11.6 Å². The van der Waals surface area contributed by atoms with Crippen LogP contribution in [0.2, 0.25) is 0 Å². The molecular weight excluding hydrogens is 318 g/mol. The van der Waals surface area contributed by atoms with E-state index in [1.165, 1.54) is 0 Å². The molecule has 1 atom stereocenters. The lowest BCUT2D eigenvalue weighted by molar-refractivity contribution is 0.199. The molecule has 3 rings (SSSR count). The Labute approximate surface area is 147 Å². The lowest BCUT2D eigenvalue weighted by Gasteiger charge is -2.25. The van der Waals surface area contributed by atoms with Crippen LogP contribution in [0.5, 0.6) is 0 Å². The van der Waals surface area contributed by atoms with Crippen LogP contribution in [0, 0.1) is 0 Å². The van der Waals surface area contributed by atoms with E-state index in [2.05, 4.69) is 41.3 Å². The zero-order chi connectivity index (χ0) is 16.8. The van der Waals surface area contributed by atoms with Crippen LogP contribution in [0.15, 0.2) is 84.9 Å². The summed E-state index contributed by atoms with van der Waals surface area (Å²) < 4.78 is 0. The van der Waals surface area contributed by atoms with Crippen LogP contribution in [0.4, 0.5) is 17.1 Å². The molecule has 0 amide bonds. The summed E-state index contributed by atoms with van der Waals surface area (Å²) in [5.74, 6) is 0.252. The minimum Gasteiger partial charge on any atom is -0.392 e. The van der Waals surface area contributed by atoms with Crippen molar-refractivity contribution in [2.75, 3.05) is 10.8 Å². The largest absolute Gasteiger partial charge is 0.392 e. The van der Waals surface area contributed by atoms with Gasteiger partial charge in [-0.3, -0.25) is 0 Å². The van der Waals surface area contributed by atoms with Gasteiger partial charge in [0, 0.05) is 22.9 Å². The van der Waals surface area contributed by atoms with Crippen molar-refractivity contribution >= 4 is 28.7 Å². The fourth-order valence-electron chi connectivity index (χ4n) is 2.71. The summed E-state index contributed by atoms with van der Waals surface area (Å²) in [7, 11) is 0. The van der Waals surface area contributed by atoms with Crippen LogP contribution in [0.1, 0.15) is 5.56 Å². The van der Waals surface area contributed by atoms with E-state index in [1.54, 1.807) is 0 Å². The molecule has 122 valence electrons. The first kappa shape index (κ1) is 16.6. The molecule has 0 aliphatic heterocycles. The molecule has 0 fully saturated rings. The standard InChI is InChI=1S/C21H20ClNO/c22-16-21(24)15-17-11-13-20(14-12-17)23(18-7-3-1-4-8-18)19-9-5-2-6-10-19/h1-14,21,24H,15-16H2. The molecule has 0 saturated carbocycles. The Bertz CT molecular complexity index is 704. The van der Waals surface area contributed by atoms with E-state index in [0.717, 1.165) is 22.6 Å². The van der Waals surface area contributed by atoms with Crippen molar-refractivity contribution in [3.63, 3.8) is 0 Å². The zero-order valence-corrected chi connectivity index (χ0v) is 14.1. The van der Waals surface area contributed by atoms with Gasteiger partial charge in [-0.15, -0.1) is 11.6 Å². The summed E-state index contributed by atoms with van der Waals surface area (Å²) >= 11 is 5.69. The Kier molecular flexibility index (Phi) is 5.52. The lowest BCUT2D eigenvalue weighted by atomic mass is 10.1. The van der Waals surface area contributed by atoms with Crippen molar-refractivity contribution in [1.29, 1.82) is 0 Å². The first-order chi connectivity index (χ1) is 11.8. The van der Waals surface area contributed by atoms with Gasteiger partial charge in [-0.25, -0.2) is 0 Å². The van der Waals surface area contributed by atoms with Crippen LogP contribution in [-0.2, 0) is 6.42 Å². The fourth-order valence-corrected chi connectivity index (χ4v) is 2.82. The first-order valence-corrected chi connectivity index (χ1v) is 8.54. The van der Waals surface area contributed by atoms with Crippen molar-refractivity contribution in [2.24, 2.45) is 0 Å². The second kappa shape index (κ2) is 8.00. The fraction of sp³-hybridized carbons (Fsp3) is 0.143. The predicted molar refractivity (Wildman–Crippen MR) is 102 cm³/mol. The van der Waals surface area contributed by atoms with Gasteiger partial charge < -0.3 is 10.0 Å². The molecule has 2 nitrogen and oxygen atoms in total. The number of alkyl halides is 1. The number of aliphatic hydroxyl groups is 1. The smallest absolute Gasteiger partial charge is 0.0715 e. The highest BCUT2D eigenvalue weighted by Crippen LogP contribution is 2.34. The van der Waals surface area contributed by atoms with Gasteiger partial charge in [0.05, 0.1) is 6.10 Å². The summed E-state index contributed by atoms with van der Waals surface area (Å²) in [6.45, 7) is 0. The van der Waals surface area contributed by atoms with Gasteiger partial charge in [-0.1, -0.05) is 48.5 Å². The quantitative estimate of drug-likeness (QED) is 0.617. The van der Waals surface area contributed by atoms with Crippen molar-refractivity contribution < 1.29 is 5.11 Å². The number of anilines is 3. The van der Waals surface area contributed by atoms with E-state index < -0.39 is 6.10 Å². The molecule has 0 aliphatic rings. The number of hydrogen-bond acceptors (Lipinski definition) is 2. The van der Waals surface area contributed by atoms with Gasteiger partial charge in [-0.2, -0.15) is 0 Å². The first-order valence-electron chi connectivity index (χ1n) is 8.01. The van der Waals surface area contributed by atoms with Crippen LogP contribution in [-0.4, -0.2) is 17.1 Å². The van der Waals surface area contributed by atoms with E-state index in [4.69, 9.17) is 11.6 Å². The monoisotopic (exact) mass is 337 g/mol. The summed E-state index contributed by atoms with van der Waals surface area (Å²) in [6, 6.07) is 28.8. The lowest BCUT2D eigenvalue weighted by Crippen LogP contribution is -2.12. The Hall–Kier alpha value is -2.29. The summed E-state index contributed by atoms with van der Waals surface area (Å²) in [5.41, 5.74) is 4.37. The van der Waals surface area contributed by atoms with Crippen molar-refractivity contribution in [3.8, 4) is 0 Å². The molecule has 0 bridgehead atoms. The number of para-hydroxylation sites is 2. The predicted octanol–water partition coefficient (Wildman–Crippen LogP) is 5.30. The van der Waals surface area contributed by atoms with E-state index in [9.17, 15) is 5.11 Å². The highest BCUT2D eigenvalue weighted by Gasteiger charge is 2.12. The van der Waals surface area contributed by atoms with Gasteiger partial charge in [0.2, 0.25) is 0 Å². The highest BCUT2D eigenvalue weighted by atomic mass is 35.5. The molecule has 1 unspecified atom stereocenters. The maximum atomic E-state index is 9.70. The summed E-state index contributed by atoms with van der Waals surface area (Å²) in [5, 5.41) is 9.70. The van der Waals surface area contributed by atoms with Crippen LogP contribution in [0.25, 0.3) is 0 Å². The number of nitrogens with zero attached hydrogens (tertiary/aromatic N) is 1. The third kappa shape index (κ3) is 3.97. The third-order valence-corrected chi connectivity index (χ3v) is 4.23. The van der Waals surface area contributed by atoms with Crippen molar-refractivity contribution in [2.45, 2.75) is 12.5 Å². The molecule has 0 radical (unpaired) electrons. The van der Waals surface area contributed by atoms with Gasteiger partial charge in [0.25, 0.3) is 0 Å². The zero-order valence-electron chi connectivity index (χ0n) is 13.3. The van der Waals surface area contributed by atoms with Crippen molar-refractivity contribution in [3.05, 3.63) is 90.5 Å². The molecule has 0 aromatic heterocycles. The molecular formula is C21H20ClNO. The highest BCUT2D eigenvalue weighted by molar-refractivity contribution is 6.18. The number of halogens is 1. The molecule has 1 N–H and O–H groups in total. The molecule has 3 aromatic carbocycles. The Morgan fingerprint density at radius 1 is 0.708 bits per heavy atom. The minimum absolute atomic E-state index is 0.252. The molecule has 0 heterocycles. The Morgan fingerprint density at radius 2 is 1.17 bits per heavy atom. The van der Waals surface area contributed by atoms with Crippen molar-refractivity contribution in [1.82, 2.24) is 0 Å². The number of benzene rings is 3. The normalized spacial score (nSPS) is 11.9. The molecule has 0 spiro atoms. The number of aliphatic hydroxyl groups excluding tert-OH is 1. The molecule has 0 saturated heterocycles. The number of hydrogen-bond donors (Lipinski definition) is 1. The van der Waals surface area contributed by atoms with Gasteiger partial charge in [0.15, 0.2) is 0 Å². The van der Waals surface area contributed by atoms with Gasteiger partial charge in [0.1, 0.15) is 0 Å².